The fourth-order valence-electron chi connectivity index (χ4n) is 2.39. The Bertz CT molecular complexity index is 329. The van der Waals surface area contributed by atoms with Crippen LogP contribution in [0.5, 0.6) is 0 Å². The highest BCUT2D eigenvalue weighted by Gasteiger charge is 2.32. The number of anilines is 1. The van der Waals surface area contributed by atoms with Crippen LogP contribution in [0, 0.1) is 0 Å². The minimum absolute atomic E-state index is 0.720. The molecule has 0 amide bonds. The minimum Gasteiger partial charge on any atom is -0.353 e. The Morgan fingerprint density at radius 3 is 2.75 bits per heavy atom. The van der Waals surface area contributed by atoms with Gasteiger partial charge in [0.2, 0.25) is 0 Å². The maximum atomic E-state index is 4.26. The molecule has 1 aromatic rings. The Morgan fingerprint density at radius 2 is 2.06 bits per heavy atom. The van der Waals surface area contributed by atoms with E-state index in [0.29, 0.717) is 0 Å². The summed E-state index contributed by atoms with van der Waals surface area (Å²) < 4.78 is 0. The molecular weight excluding hydrogens is 202 g/mol. The summed E-state index contributed by atoms with van der Waals surface area (Å²) in [5.74, 6) is 1.06. The van der Waals surface area contributed by atoms with E-state index in [2.05, 4.69) is 25.1 Å². The van der Waals surface area contributed by atoms with E-state index in [1.807, 2.05) is 6.07 Å². The molecule has 2 aliphatic heterocycles. The third-order valence-corrected chi connectivity index (χ3v) is 3.42. The van der Waals surface area contributed by atoms with Gasteiger partial charge in [0.1, 0.15) is 12.1 Å². The van der Waals surface area contributed by atoms with Gasteiger partial charge in [-0.2, -0.15) is 0 Å². The van der Waals surface area contributed by atoms with Crippen molar-refractivity contribution in [1.82, 2.24) is 20.2 Å². The molecule has 0 aromatic carbocycles. The highest BCUT2D eigenvalue weighted by molar-refractivity contribution is 5.40. The molecule has 3 heterocycles. The van der Waals surface area contributed by atoms with Crippen LogP contribution in [0.3, 0.4) is 0 Å². The van der Waals surface area contributed by atoms with Crippen molar-refractivity contribution in [3.05, 3.63) is 18.6 Å². The van der Waals surface area contributed by atoms with Gasteiger partial charge in [-0.1, -0.05) is 0 Å². The molecule has 0 atom stereocenters. The van der Waals surface area contributed by atoms with Crippen LogP contribution in [0.25, 0.3) is 0 Å². The molecule has 5 nitrogen and oxygen atoms in total. The third kappa shape index (κ3) is 1.88. The molecule has 0 radical (unpaired) electrons. The van der Waals surface area contributed by atoms with Crippen molar-refractivity contribution in [1.29, 1.82) is 0 Å². The zero-order valence-corrected chi connectivity index (χ0v) is 9.34. The summed E-state index contributed by atoms with van der Waals surface area (Å²) in [5.41, 5.74) is 0. The first-order valence-corrected chi connectivity index (χ1v) is 5.89. The molecule has 2 saturated heterocycles. The fourth-order valence-corrected chi connectivity index (χ4v) is 2.39. The van der Waals surface area contributed by atoms with Gasteiger partial charge in [-0.05, 0) is 6.07 Å². The van der Waals surface area contributed by atoms with E-state index in [1.54, 1.807) is 12.5 Å². The summed E-state index contributed by atoms with van der Waals surface area (Å²) in [6.45, 7) is 6.84. The Kier molecular flexibility index (Phi) is 2.71. The van der Waals surface area contributed by atoms with E-state index < -0.39 is 0 Å². The molecule has 2 fully saturated rings. The van der Waals surface area contributed by atoms with Gasteiger partial charge >= 0.3 is 0 Å². The third-order valence-electron chi connectivity index (χ3n) is 3.42. The summed E-state index contributed by atoms with van der Waals surface area (Å²) in [6, 6.07) is 2.70. The van der Waals surface area contributed by atoms with Crippen LogP contribution in [0.2, 0.25) is 0 Å². The van der Waals surface area contributed by atoms with Crippen LogP contribution in [-0.4, -0.2) is 60.2 Å². The van der Waals surface area contributed by atoms with Crippen LogP contribution in [0.1, 0.15) is 0 Å². The highest BCUT2D eigenvalue weighted by atomic mass is 15.3. The lowest BCUT2D eigenvalue weighted by molar-refractivity contribution is 0.147. The maximum absolute atomic E-state index is 4.26. The van der Waals surface area contributed by atoms with Crippen LogP contribution in [0.4, 0.5) is 5.82 Å². The molecule has 0 spiro atoms. The maximum Gasteiger partial charge on any atom is 0.132 e. The van der Waals surface area contributed by atoms with Crippen molar-refractivity contribution in [3.63, 3.8) is 0 Å². The largest absolute Gasteiger partial charge is 0.353 e. The van der Waals surface area contributed by atoms with Crippen molar-refractivity contribution in [2.24, 2.45) is 0 Å². The van der Waals surface area contributed by atoms with Crippen LogP contribution < -0.4 is 10.2 Å². The van der Waals surface area contributed by atoms with Gasteiger partial charge in [-0.15, -0.1) is 0 Å². The second-order valence-corrected chi connectivity index (χ2v) is 4.41. The Balaban J connectivity index is 1.54. The monoisotopic (exact) mass is 219 g/mol. The molecule has 0 bridgehead atoms. The quantitative estimate of drug-likeness (QED) is 0.731. The zero-order chi connectivity index (χ0) is 10.8. The summed E-state index contributed by atoms with van der Waals surface area (Å²) >= 11 is 0. The molecule has 0 unspecified atom stereocenters. The molecule has 3 rings (SSSR count). The van der Waals surface area contributed by atoms with Crippen molar-refractivity contribution in [3.8, 4) is 0 Å². The number of hydrogen-bond donors (Lipinski definition) is 1. The Morgan fingerprint density at radius 1 is 1.25 bits per heavy atom. The van der Waals surface area contributed by atoms with Crippen LogP contribution in [0.15, 0.2) is 18.6 Å². The van der Waals surface area contributed by atoms with E-state index >= 15 is 0 Å². The van der Waals surface area contributed by atoms with Gasteiger partial charge in [0, 0.05) is 51.5 Å². The standard InChI is InChI=1S/C11H17N5/c1-2-13-9-14-11(1)16-7-10(8-16)15-5-3-12-4-6-15/h1-2,9-10,12H,3-8H2. The number of rotatable bonds is 2. The Hall–Kier alpha value is -1.20. The number of piperazine rings is 1. The molecule has 0 aliphatic carbocycles. The van der Waals surface area contributed by atoms with Gasteiger partial charge in [0.25, 0.3) is 0 Å². The molecule has 2 aliphatic rings. The first-order valence-electron chi connectivity index (χ1n) is 5.89. The van der Waals surface area contributed by atoms with Gasteiger partial charge in [0.15, 0.2) is 0 Å². The van der Waals surface area contributed by atoms with E-state index in [9.17, 15) is 0 Å². The topological polar surface area (TPSA) is 44.3 Å². The average molecular weight is 219 g/mol. The van der Waals surface area contributed by atoms with E-state index in [4.69, 9.17) is 0 Å². The highest BCUT2D eigenvalue weighted by Crippen LogP contribution is 2.20. The summed E-state index contributed by atoms with van der Waals surface area (Å²) in [4.78, 5) is 13.1. The molecule has 1 aromatic heterocycles. The molecule has 86 valence electrons. The molecule has 1 N–H and O–H groups in total. The number of nitrogens with one attached hydrogen (secondary N) is 1. The lowest BCUT2D eigenvalue weighted by Crippen LogP contribution is -2.63. The van der Waals surface area contributed by atoms with Crippen LogP contribution >= 0.6 is 0 Å². The number of aromatic nitrogens is 2. The van der Waals surface area contributed by atoms with Gasteiger partial charge in [0.05, 0.1) is 0 Å². The lowest BCUT2D eigenvalue weighted by atomic mass is 10.1. The molecule has 0 saturated carbocycles. The average Bonchev–Trinajstić information content (AvgIpc) is 2.30. The normalized spacial score (nSPS) is 23.1. The van der Waals surface area contributed by atoms with Crippen LogP contribution in [-0.2, 0) is 0 Å². The minimum atomic E-state index is 0.720. The Labute approximate surface area is 95.5 Å². The molecule has 5 heteroatoms. The van der Waals surface area contributed by atoms with E-state index in [0.717, 1.165) is 38.0 Å². The lowest BCUT2D eigenvalue weighted by Gasteiger charge is -2.47. The number of nitrogens with zero attached hydrogens (tertiary/aromatic N) is 4. The summed E-state index contributed by atoms with van der Waals surface area (Å²) in [7, 11) is 0. The second-order valence-electron chi connectivity index (χ2n) is 4.41. The van der Waals surface area contributed by atoms with Gasteiger partial charge in [-0.3, -0.25) is 4.90 Å². The summed E-state index contributed by atoms with van der Waals surface area (Å²) in [6.07, 6.45) is 3.42. The molecular formula is C11H17N5. The predicted octanol–water partition coefficient (Wildman–Crippen LogP) is -0.430. The summed E-state index contributed by atoms with van der Waals surface area (Å²) in [5, 5.41) is 3.38. The fraction of sp³-hybridized carbons (Fsp3) is 0.636. The smallest absolute Gasteiger partial charge is 0.132 e. The van der Waals surface area contributed by atoms with Gasteiger partial charge in [-0.25, -0.2) is 9.97 Å². The van der Waals surface area contributed by atoms with E-state index in [-0.39, 0.29) is 0 Å². The SMILES string of the molecule is c1cc(N2CC(N3CCNCC3)C2)ncn1. The van der Waals surface area contributed by atoms with Crippen molar-refractivity contribution in [2.45, 2.75) is 6.04 Å². The predicted molar refractivity (Wildman–Crippen MR) is 62.5 cm³/mol. The van der Waals surface area contributed by atoms with Crippen molar-refractivity contribution >= 4 is 5.82 Å². The zero-order valence-electron chi connectivity index (χ0n) is 9.34. The first kappa shape index (κ1) is 9.99. The second kappa shape index (κ2) is 4.35. The first-order chi connectivity index (χ1) is 7.93. The van der Waals surface area contributed by atoms with E-state index in [1.165, 1.54) is 13.1 Å². The van der Waals surface area contributed by atoms with Gasteiger partial charge < -0.3 is 10.2 Å². The van der Waals surface area contributed by atoms with Crippen molar-refractivity contribution < 1.29 is 0 Å². The molecule has 16 heavy (non-hydrogen) atoms. The van der Waals surface area contributed by atoms with Crippen molar-refractivity contribution in [2.75, 3.05) is 44.2 Å². The number of hydrogen-bond acceptors (Lipinski definition) is 5.